The highest BCUT2D eigenvalue weighted by Crippen LogP contribution is 2.27. The minimum atomic E-state index is 0. The van der Waals surface area contributed by atoms with Gasteiger partial charge in [0.05, 0.1) is 7.05 Å². The molecule has 0 unspecified atom stereocenters. The molecule has 0 aliphatic heterocycles. The summed E-state index contributed by atoms with van der Waals surface area (Å²) >= 11 is 0. The van der Waals surface area contributed by atoms with Crippen LogP contribution in [-0.4, -0.2) is 26.2 Å². The summed E-state index contributed by atoms with van der Waals surface area (Å²) in [4.78, 5) is 5.66. The highest BCUT2D eigenvalue weighted by molar-refractivity contribution is 14.0. The van der Waals surface area contributed by atoms with Gasteiger partial charge in [-0.05, 0) is 48.1 Å². The third-order valence-corrected chi connectivity index (χ3v) is 3.60. The van der Waals surface area contributed by atoms with E-state index >= 15 is 0 Å². The second-order valence-corrected chi connectivity index (χ2v) is 5.17. The average Bonchev–Trinajstić information content (AvgIpc) is 2.91. The Bertz CT molecular complexity index is 665. The highest BCUT2D eigenvalue weighted by Gasteiger charge is 2.13. The third kappa shape index (κ3) is 3.93. The normalized spacial score (nSPS) is 14.1. The second kappa shape index (κ2) is 7.52. The van der Waals surface area contributed by atoms with Crippen LogP contribution in [-0.2, 0) is 26.4 Å². The van der Waals surface area contributed by atoms with Crippen LogP contribution in [0.3, 0.4) is 0 Å². The van der Waals surface area contributed by atoms with E-state index in [2.05, 4.69) is 37.9 Å². The van der Waals surface area contributed by atoms with E-state index in [0.29, 0.717) is 18.3 Å². The molecule has 1 heterocycles. The van der Waals surface area contributed by atoms with E-state index in [1.54, 1.807) is 7.05 Å². The predicted molar refractivity (Wildman–Crippen MR) is 96.2 cm³/mol. The molecule has 0 atom stereocenters. The lowest BCUT2D eigenvalue weighted by molar-refractivity contribution is 0.627. The van der Waals surface area contributed by atoms with E-state index in [9.17, 15) is 0 Å². The van der Waals surface area contributed by atoms with Gasteiger partial charge in [-0.1, -0.05) is 12.1 Å². The first kappa shape index (κ1) is 16.7. The molecule has 0 amide bonds. The van der Waals surface area contributed by atoms with Crippen LogP contribution in [0.15, 0.2) is 23.2 Å². The molecule has 0 saturated carbocycles. The molecule has 0 radical (unpaired) electrons. The Balaban J connectivity index is 0.00000176. The maximum atomic E-state index is 5.95. The Labute approximate surface area is 146 Å². The lowest BCUT2D eigenvalue weighted by atomic mass is 9.90. The number of nitrogens with one attached hydrogen (secondary N) is 1. The van der Waals surface area contributed by atoms with Crippen molar-refractivity contribution < 1.29 is 0 Å². The smallest absolute Gasteiger partial charge is 0.196 e. The summed E-state index contributed by atoms with van der Waals surface area (Å²) in [5.74, 6) is 0.929. The zero-order valence-corrected chi connectivity index (χ0v) is 14.8. The fraction of sp³-hybridized carbons (Fsp3) is 0.429. The highest BCUT2D eigenvalue weighted by atomic mass is 127. The molecular formula is C14H20IN7. The van der Waals surface area contributed by atoms with Crippen molar-refractivity contribution in [2.45, 2.75) is 32.2 Å². The monoisotopic (exact) mass is 413 g/mol. The number of tetrazole rings is 1. The Morgan fingerprint density at radius 3 is 2.95 bits per heavy atom. The number of halogens is 1. The van der Waals surface area contributed by atoms with Gasteiger partial charge in [0.15, 0.2) is 11.8 Å². The maximum absolute atomic E-state index is 5.95. The van der Waals surface area contributed by atoms with Crippen molar-refractivity contribution in [1.82, 2.24) is 20.2 Å². The van der Waals surface area contributed by atoms with E-state index in [-0.39, 0.29) is 24.0 Å². The van der Waals surface area contributed by atoms with Crippen LogP contribution in [0.4, 0.5) is 5.69 Å². The summed E-state index contributed by atoms with van der Waals surface area (Å²) in [6.07, 6.45) is 4.73. The van der Waals surface area contributed by atoms with Crippen molar-refractivity contribution in [3.8, 4) is 0 Å². The van der Waals surface area contributed by atoms with Crippen LogP contribution in [0, 0.1) is 0 Å². The summed E-state index contributed by atoms with van der Waals surface area (Å²) in [5, 5.41) is 14.9. The van der Waals surface area contributed by atoms with Crippen LogP contribution in [0.5, 0.6) is 0 Å². The zero-order valence-electron chi connectivity index (χ0n) is 12.5. The molecule has 3 rings (SSSR count). The van der Waals surface area contributed by atoms with Gasteiger partial charge in [-0.15, -0.1) is 34.2 Å². The standard InChI is InChI=1S/C14H19N7.HI/c1-21-19-13(18-20-21)9-16-14(15)17-12-8-4-6-10-5-2-3-7-11(10)12;/h4,6,8H,2-3,5,7,9H2,1H3,(H3,15,16,17);1H. The van der Waals surface area contributed by atoms with Gasteiger partial charge in [0, 0.05) is 5.69 Å². The summed E-state index contributed by atoms with van der Waals surface area (Å²) in [7, 11) is 1.72. The number of hydrogen-bond donors (Lipinski definition) is 2. The Morgan fingerprint density at radius 2 is 2.18 bits per heavy atom. The van der Waals surface area contributed by atoms with Crippen molar-refractivity contribution >= 4 is 35.6 Å². The molecule has 118 valence electrons. The van der Waals surface area contributed by atoms with E-state index in [4.69, 9.17) is 5.73 Å². The topological polar surface area (TPSA) is 94.0 Å². The van der Waals surface area contributed by atoms with Gasteiger partial charge in [-0.25, -0.2) is 4.99 Å². The van der Waals surface area contributed by atoms with Crippen molar-refractivity contribution in [2.75, 3.05) is 5.32 Å². The number of guanidine groups is 1. The van der Waals surface area contributed by atoms with Crippen molar-refractivity contribution in [2.24, 2.45) is 17.8 Å². The number of rotatable bonds is 3. The number of aryl methyl sites for hydroxylation is 2. The summed E-state index contributed by atoms with van der Waals surface area (Å²) in [6.45, 7) is 0.321. The van der Waals surface area contributed by atoms with E-state index < -0.39 is 0 Å². The quantitative estimate of drug-likeness (QED) is 0.453. The van der Waals surface area contributed by atoms with E-state index in [1.165, 1.54) is 28.8 Å². The lowest BCUT2D eigenvalue weighted by Crippen LogP contribution is -2.24. The van der Waals surface area contributed by atoms with Gasteiger partial charge >= 0.3 is 0 Å². The van der Waals surface area contributed by atoms with Gasteiger partial charge < -0.3 is 11.1 Å². The number of hydrogen-bond acceptors (Lipinski definition) is 4. The molecule has 0 saturated heterocycles. The van der Waals surface area contributed by atoms with Crippen LogP contribution < -0.4 is 11.1 Å². The SMILES string of the molecule is Cn1nnc(CN=C(N)Nc2cccc3c2CCCC3)n1.I. The number of aliphatic imine (C=N–C) groups is 1. The molecular weight excluding hydrogens is 393 g/mol. The molecule has 0 fully saturated rings. The molecule has 1 aromatic carbocycles. The summed E-state index contributed by atoms with van der Waals surface area (Å²) in [5.41, 5.74) is 9.78. The molecule has 3 N–H and O–H groups in total. The number of nitrogens with two attached hydrogens (primary N) is 1. The molecule has 1 aromatic heterocycles. The average molecular weight is 413 g/mol. The first-order chi connectivity index (χ1) is 10.2. The molecule has 1 aliphatic carbocycles. The molecule has 2 aromatic rings. The first-order valence-corrected chi connectivity index (χ1v) is 7.13. The third-order valence-electron chi connectivity index (χ3n) is 3.60. The van der Waals surface area contributed by atoms with Gasteiger partial charge in [0.25, 0.3) is 0 Å². The van der Waals surface area contributed by atoms with Crippen LogP contribution in [0.1, 0.15) is 29.8 Å². The van der Waals surface area contributed by atoms with Gasteiger partial charge in [-0.3, -0.25) is 0 Å². The van der Waals surface area contributed by atoms with Crippen molar-refractivity contribution in [3.63, 3.8) is 0 Å². The zero-order chi connectivity index (χ0) is 14.7. The van der Waals surface area contributed by atoms with Crippen LogP contribution in [0.25, 0.3) is 0 Å². The second-order valence-electron chi connectivity index (χ2n) is 5.17. The van der Waals surface area contributed by atoms with E-state index in [1.807, 2.05) is 6.07 Å². The fourth-order valence-corrected chi connectivity index (χ4v) is 2.62. The van der Waals surface area contributed by atoms with Crippen LogP contribution >= 0.6 is 24.0 Å². The maximum Gasteiger partial charge on any atom is 0.196 e. The predicted octanol–water partition coefficient (Wildman–Crippen LogP) is 1.63. The number of benzene rings is 1. The first-order valence-electron chi connectivity index (χ1n) is 7.13. The minimum Gasteiger partial charge on any atom is -0.370 e. The van der Waals surface area contributed by atoms with Crippen molar-refractivity contribution in [3.05, 3.63) is 35.2 Å². The number of aromatic nitrogens is 4. The Kier molecular flexibility index (Phi) is 5.69. The molecule has 1 aliphatic rings. The Hall–Kier alpha value is -1.71. The molecule has 8 heteroatoms. The molecule has 0 bridgehead atoms. The number of fused-ring (bicyclic) bond motifs is 1. The summed E-state index contributed by atoms with van der Waals surface area (Å²) < 4.78 is 0. The Morgan fingerprint density at radius 1 is 1.36 bits per heavy atom. The van der Waals surface area contributed by atoms with E-state index in [0.717, 1.165) is 18.5 Å². The van der Waals surface area contributed by atoms with Gasteiger partial charge in [-0.2, -0.15) is 4.80 Å². The fourth-order valence-electron chi connectivity index (χ4n) is 2.62. The molecule has 7 nitrogen and oxygen atoms in total. The number of nitrogens with zero attached hydrogens (tertiary/aromatic N) is 5. The largest absolute Gasteiger partial charge is 0.370 e. The molecule has 0 spiro atoms. The van der Waals surface area contributed by atoms with Crippen molar-refractivity contribution in [1.29, 1.82) is 0 Å². The molecule has 22 heavy (non-hydrogen) atoms. The van der Waals surface area contributed by atoms with Gasteiger partial charge in [0.1, 0.15) is 6.54 Å². The number of anilines is 1. The lowest BCUT2D eigenvalue weighted by Gasteiger charge is -2.19. The minimum absolute atomic E-state index is 0. The van der Waals surface area contributed by atoms with Gasteiger partial charge in [0.2, 0.25) is 0 Å². The van der Waals surface area contributed by atoms with Crippen LogP contribution in [0.2, 0.25) is 0 Å². The summed E-state index contributed by atoms with van der Waals surface area (Å²) in [6, 6.07) is 6.30.